The Labute approximate surface area is 455 Å². The second kappa shape index (κ2) is 47.5. The molecule has 0 aliphatic heterocycles. The van der Waals surface area contributed by atoms with Gasteiger partial charge in [-0.1, -0.05) is 57.1 Å². The number of alkyl halides is 6. The fourth-order valence-corrected chi connectivity index (χ4v) is 2.75. The van der Waals surface area contributed by atoms with Gasteiger partial charge < -0.3 is 44.8 Å². The van der Waals surface area contributed by atoms with Gasteiger partial charge in [0.25, 0.3) is 0 Å². The van der Waals surface area contributed by atoms with Crippen molar-refractivity contribution in [2.45, 2.75) is 53.2 Å². The van der Waals surface area contributed by atoms with Crippen molar-refractivity contribution in [1.82, 2.24) is 20.4 Å². The molecule has 0 atom stereocenters. The number of aromatic nitrogens is 4. The third-order valence-corrected chi connectivity index (χ3v) is 6.60. The zero-order chi connectivity index (χ0) is 26.9. The minimum atomic E-state index is -5.37. The monoisotopic (exact) mass is 909 g/mol. The molecule has 0 radical (unpaired) electrons. The predicted octanol–water partition coefficient (Wildman–Crippen LogP) is -8.31. The van der Waals surface area contributed by atoms with Gasteiger partial charge in [-0.3, -0.25) is 10.2 Å². The number of rotatable bonds is 2. The number of thioether (sulfide) groups is 2. The SMILES string of the molecule is C.C.C.CC#N.CSc1nnc(SC)s1.O=S(=O)(Cl)C(F)(F)F.O=[S-](=O)C(F)(F)F.S.[Cl-].[K+].[K+].[K+].[K+].[S-]c1nn[c-]s1. The Bertz CT molecular complexity index is 994. The summed E-state index contributed by atoms with van der Waals surface area (Å²) < 4.78 is 103. The fraction of sp³-hybridized carbons (Fsp3) is 0.615. The van der Waals surface area contributed by atoms with E-state index in [-0.39, 0.29) is 254 Å². The summed E-state index contributed by atoms with van der Waals surface area (Å²) in [5.74, 6) is 0. The van der Waals surface area contributed by atoms with Crippen LogP contribution >= 0.6 is 70.4 Å². The molecule has 0 aliphatic rings. The number of halogens is 8. The van der Waals surface area contributed by atoms with Gasteiger partial charge in [0.05, 0.1) is 6.07 Å². The minimum absolute atomic E-state index is 0. The molecule has 29 heteroatoms. The standard InChI is InChI=1S/C4H6N2S3.C2HN2S2.C2H3N.CClF3O2S.CF3O2S.3CH4.ClH.4K.H2S/c1-7-3-5-6-4(8-2)9-3;5-2-4-3-1-6-2;1-2-3;2-8(6,7)1(3,4)5;2-1(3,4)7(5)6;;;;;;;;;/h1-2H3;(H,4,5);1H3;;;3*1H4;1H;;;;;1H2/q;-1;;;-1;;;;;4*+1;/p-2. The first-order valence-corrected chi connectivity index (χ1v) is 14.5. The number of nitriles is 1. The Balaban J connectivity index is -0.0000000260. The second-order valence-electron chi connectivity index (χ2n) is 3.69. The molecule has 0 bridgehead atoms. The van der Waals surface area contributed by atoms with Crippen LogP contribution in [0.2, 0.25) is 0 Å². The van der Waals surface area contributed by atoms with Crippen LogP contribution in [-0.2, 0) is 40.8 Å². The van der Waals surface area contributed by atoms with Crippen LogP contribution in [0.25, 0.3) is 0 Å². The zero-order valence-electron chi connectivity index (χ0n) is 20.8. The number of hydrogen-bond donors (Lipinski definition) is 0. The summed E-state index contributed by atoms with van der Waals surface area (Å²) in [7, 11) is -5.44. The smallest absolute Gasteiger partial charge is 1.00 e. The van der Waals surface area contributed by atoms with E-state index >= 15 is 0 Å². The summed E-state index contributed by atoms with van der Waals surface area (Å²) in [6, 6.07) is 1.75. The van der Waals surface area contributed by atoms with E-state index in [1.54, 1.807) is 40.9 Å². The van der Waals surface area contributed by atoms with E-state index in [0.717, 1.165) is 8.68 Å². The zero-order valence-corrected chi connectivity index (χ0v) is 41.5. The van der Waals surface area contributed by atoms with Crippen molar-refractivity contribution >= 4 is 103 Å². The molecule has 2 aromatic heterocycles. The number of nitrogens with zero attached hydrogens (tertiary/aromatic N) is 5. The summed E-state index contributed by atoms with van der Waals surface area (Å²) in [5, 5.41) is 22.0. The van der Waals surface area contributed by atoms with Crippen molar-refractivity contribution in [3.63, 3.8) is 0 Å². The molecular formula is C13H23Cl2F6K4N5O4S8. The van der Waals surface area contributed by atoms with E-state index in [9.17, 15) is 34.8 Å². The molecule has 2 heterocycles. The molecule has 0 amide bonds. The first-order chi connectivity index (χ1) is 14.9. The molecule has 2 rings (SSSR count). The van der Waals surface area contributed by atoms with E-state index in [0.29, 0.717) is 4.34 Å². The van der Waals surface area contributed by atoms with Gasteiger partial charge in [-0.2, -0.15) is 55.0 Å². The molecule has 2 aromatic rings. The number of hydrogen-bond acceptors (Lipinski definition) is 15. The van der Waals surface area contributed by atoms with Gasteiger partial charge in [0.1, 0.15) is 0 Å². The predicted molar refractivity (Wildman–Crippen MR) is 145 cm³/mol. The summed E-state index contributed by atoms with van der Waals surface area (Å²) >= 11 is 10.7. The Morgan fingerprint density at radius 2 is 1.21 bits per heavy atom. The van der Waals surface area contributed by atoms with Crippen molar-refractivity contribution in [2.75, 3.05) is 12.5 Å². The second-order valence-corrected chi connectivity index (χ2v) is 11.7. The van der Waals surface area contributed by atoms with Gasteiger partial charge in [-0.05, 0) is 12.5 Å². The van der Waals surface area contributed by atoms with Crippen LogP contribution in [0.1, 0.15) is 29.2 Å². The van der Waals surface area contributed by atoms with Crippen LogP contribution in [0.15, 0.2) is 13.0 Å². The third-order valence-electron chi connectivity index (χ3n) is 1.51. The van der Waals surface area contributed by atoms with Gasteiger partial charge in [-0.25, -0.2) is 8.42 Å². The van der Waals surface area contributed by atoms with E-state index in [1.807, 2.05) is 12.5 Å². The Morgan fingerprint density at radius 3 is 1.29 bits per heavy atom. The molecule has 0 fully saturated rings. The molecule has 0 saturated carbocycles. The van der Waals surface area contributed by atoms with Gasteiger partial charge in [0.2, 0.25) is 0 Å². The topological polar surface area (TPSA) is 144 Å². The molecule has 0 spiro atoms. The normalized spacial score (nSPS) is 8.33. The van der Waals surface area contributed by atoms with Crippen LogP contribution in [-0.4, -0.2) is 52.3 Å². The van der Waals surface area contributed by atoms with Crippen molar-refractivity contribution in [3.8, 4) is 6.07 Å². The average molecular weight is 911 g/mol. The minimum Gasteiger partial charge on any atom is -1.00 e. The Kier molecular flexibility index (Phi) is 92.9. The Hall–Kier alpha value is 6.49. The maximum absolute atomic E-state index is 10.8. The van der Waals surface area contributed by atoms with Crippen LogP contribution in [0.3, 0.4) is 0 Å². The molecule has 0 saturated heterocycles. The van der Waals surface area contributed by atoms with Gasteiger partial charge in [-0.15, -0.1) is 10.2 Å². The fourth-order valence-electron chi connectivity index (χ4n) is 0.503. The van der Waals surface area contributed by atoms with Crippen LogP contribution in [0.4, 0.5) is 26.3 Å². The molecule has 0 unspecified atom stereocenters. The largest absolute Gasteiger partial charge is 1.00 e. The Morgan fingerprint density at radius 1 is 0.952 bits per heavy atom. The third kappa shape index (κ3) is 55.9. The van der Waals surface area contributed by atoms with Crippen molar-refractivity contribution in [1.29, 1.82) is 5.26 Å². The van der Waals surface area contributed by atoms with E-state index in [4.69, 9.17) is 13.7 Å². The molecule has 0 aliphatic carbocycles. The maximum Gasteiger partial charge on any atom is 1.00 e. The molecule has 0 N–H and O–H groups in total. The maximum atomic E-state index is 10.8. The average Bonchev–Trinajstić information content (AvgIpc) is 3.32. The molecule has 42 heavy (non-hydrogen) atoms. The molecule has 232 valence electrons. The summed E-state index contributed by atoms with van der Waals surface area (Å²) in [5.41, 5.74) is -7.90. The van der Waals surface area contributed by atoms with Crippen LogP contribution < -0.4 is 218 Å². The summed E-state index contributed by atoms with van der Waals surface area (Å²) in [4.78, 5) is 0. The van der Waals surface area contributed by atoms with Gasteiger partial charge in [0, 0.05) is 28.3 Å². The molecule has 9 nitrogen and oxygen atoms in total. The van der Waals surface area contributed by atoms with Crippen molar-refractivity contribution < 1.29 is 261 Å². The van der Waals surface area contributed by atoms with Gasteiger partial charge in [0.15, 0.2) is 8.68 Å². The molecular weight excluding hydrogens is 888 g/mol. The summed E-state index contributed by atoms with van der Waals surface area (Å²) in [6.45, 7) is 1.43. The van der Waals surface area contributed by atoms with Crippen LogP contribution in [0, 0.1) is 16.8 Å². The quantitative estimate of drug-likeness (QED) is 0.0706. The van der Waals surface area contributed by atoms with Crippen LogP contribution in [0.5, 0.6) is 0 Å². The molecule has 0 aromatic carbocycles. The van der Waals surface area contributed by atoms with Crippen molar-refractivity contribution in [2.24, 2.45) is 0 Å². The van der Waals surface area contributed by atoms with Crippen molar-refractivity contribution in [3.05, 3.63) is 5.51 Å². The van der Waals surface area contributed by atoms with E-state index in [2.05, 4.69) is 49.2 Å². The van der Waals surface area contributed by atoms with Gasteiger partial charge >= 0.3 is 226 Å². The first-order valence-electron chi connectivity index (χ1n) is 6.63. The van der Waals surface area contributed by atoms with E-state index in [1.165, 1.54) is 18.3 Å². The van der Waals surface area contributed by atoms with E-state index < -0.39 is 30.8 Å². The summed E-state index contributed by atoms with van der Waals surface area (Å²) in [6.07, 6.45) is 4.01. The first kappa shape index (κ1) is 82.1.